The normalized spacial score (nSPS) is 11.8. The fourth-order valence-electron chi connectivity index (χ4n) is 1.75. The Labute approximate surface area is 122 Å². The molecule has 5 nitrogen and oxygen atoms in total. The van der Waals surface area contributed by atoms with Crippen LogP contribution in [0.1, 0.15) is 32.2 Å². The molecule has 0 amide bonds. The molecule has 0 saturated carbocycles. The summed E-state index contributed by atoms with van der Waals surface area (Å²) in [6.07, 6.45) is 3.57. The number of nitrogens with one attached hydrogen (secondary N) is 2. The Morgan fingerprint density at radius 3 is 2.85 bits per heavy atom. The zero-order valence-electron chi connectivity index (χ0n) is 12.1. The molecular formula is C14H20N4OS. The van der Waals surface area contributed by atoms with Crippen molar-refractivity contribution in [3.8, 4) is 10.6 Å². The first-order valence-electron chi connectivity index (χ1n) is 6.70. The van der Waals surface area contributed by atoms with Gasteiger partial charge in [0.25, 0.3) is 0 Å². The lowest BCUT2D eigenvalue weighted by Gasteiger charge is -2.20. The minimum absolute atomic E-state index is 0.117. The number of pyridine rings is 1. The molecule has 0 unspecified atom stereocenters. The monoisotopic (exact) mass is 292 g/mol. The van der Waals surface area contributed by atoms with E-state index in [9.17, 15) is 4.79 Å². The van der Waals surface area contributed by atoms with Crippen LogP contribution in [0.2, 0.25) is 0 Å². The summed E-state index contributed by atoms with van der Waals surface area (Å²) in [5.41, 5.74) is 0.858. The standard InChI is InChI=1S/C14H20N4OS/c1-14(2,3)16-7-4-5-12-17-18-13(20-12)10-6-8-15-11(19)9-10/h6,8-9,16H,4-5,7H2,1-3H3,(H,15,19). The average Bonchev–Trinajstić information content (AvgIpc) is 2.82. The molecule has 0 bridgehead atoms. The van der Waals surface area contributed by atoms with Crippen molar-refractivity contribution in [1.29, 1.82) is 0 Å². The van der Waals surface area contributed by atoms with Crippen molar-refractivity contribution in [1.82, 2.24) is 20.5 Å². The van der Waals surface area contributed by atoms with Gasteiger partial charge in [-0.25, -0.2) is 0 Å². The Balaban J connectivity index is 1.91. The second-order valence-electron chi connectivity index (χ2n) is 5.72. The highest BCUT2D eigenvalue weighted by atomic mass is 32.1. The third kappa shape index (κ3) is 4.54. The molecule has 6 heteroatoms. The lowest BCUT2D eigenvalue weighted by Crippen LogP contribution is -2.36. The smallest absolute Gasteiger partial charge is 0.248 e. The predicted molar refractivity (Wildman–Crippen MR) is 82.0 cm³/mol. The Bertz CT molecular complexity index is 612. The third-order valence-corrected chi connectivity index (χ3v) is 3.74. The molecule has 0 aliphatic carbocycles. The molecule has 0 saturated heterocycles. The first kappa shape index (κ1) is 14.9. The van der Waals surface area contributed by atoms with Gasteiger partial charge in [0, 0.05) is 29.8 Å². The molecule has 0 fully saturated rings. The molecule has 20 heavy (non-hydrogen) atoms. The molecule has 0 atom stereocenters. The van der Waals surface area contributed by atoms with Crippen molar-refractivity contribution >= 4 is 11.3 Å². The number of nitrogens with zero attached hydrogens (tertiary/aromatic N) is 2. The summed E-state index contributed by atoms with van der Waals surface area (Å²) in [6, 6.07) is 3.39. The van der Waals surface area contributed by atoms with Crippen LogP contribution in [0.5, 0.6) is 0 Å². The largest absolute Gasteiger partial charge is 0.329 e. The summed E-state index contributed by atoms with van der Waals surface area (Å²) in [7, 11) is 0. The topological polar surface area (TPSA) is 70.7 Å². The predicted octanol–water partition coefficient (Wildman–Crippen LogP) is 2.21. The van der Waals surface area contributed by atoms with Gasteiger partial charge in [0.1, 0.15) is 10.0 Å². The summed E-state index contributed by atoms with van der Waals surface area (Å²) in [4.78, 5) is 13.9. The van der Waals surface area contributed by atoms with E-state index in [-0.39, 0.29) is 11.1 Å². The van der Waals surface area contributed by atoms with Crippen LogP contribution in [0.3, 0.4) is 0 Å². The molecule has 0 radical (unpaired) electrons. The SMILES string of the molecule is CC(C)(C)NCCCc1nnc(-c2cc[nH]c(=O)c2)s1. The number of aromatic amines is 1. The van der Waals surface area contributed by atoms with E-state index in [0.717, 1.165) is 35.0 Å². The van der Waals surface area contributed by atoms with Gasteiger partial charge in [0.05, 0.1) is 0 Å². The third-order valence-electron chi connectivity index (χ3n) is 2.71. The molecule has 0 aromatic carbocycles. The minimum Gasteiger partial charge on any atom is -0.329 e. The van der Waals surface area contributed by atoms with Crippen LogP contribution >= 0.6 is 11.3 Å². The van der Waals surface area contributed by atoms with Gasteiger partial charge in [-0.1, -0.05) is 11.3 Å². The van der Waals surface area contributed by atoms with Gasteiger partial charge >= 0.3 is 0 Å². The van der Waals surface area contributed by atoms with Gasteiger partial charge in [-0.15, -0.1) is 10.2 Å². The molecule has 0 spiro atoms. The number of hydrogen-bond acceptors (Lipinski definition) is 5. The Morgan fingerprint density at radius 2 is 2.15 bits per heavy atom. The van der Waals surface area contributed by atoms with Crippen LogP contribution in [0.4, 0.5) is 0 Å². The van der Waals surface area contributed by atoms with Gasteiger partial charge < -0.3 is 10.3 Å². The molecule has 0 aliphatic heterocycles. The average molecular weight is 292 g/mol. The van der Waals surface area contributed by atoms with Crippen LogP contribution in [-0.4, -0.2) is 27.3 Å². The molecule has 2 rings (SSSR count). The van der Waals surface area contributed by atoms with Gasteiger partial charge in [-0.3, -0.25) is 4.79 Å². The molecule has 108 valence electrons. The van der Waals surface area contributed by atoms with Crippen LogP contribution in [0.15, 0.2) is 23.1 Å². The number of rotatable bonds is 5. The fraction of sp³-hybridized carbons (Fsp3) is 0.500. The minimum atomic E-state index is -0.117. The molecule has 2 N–H and O–H groups in total. The Hall–Kier alpha value is -1.53. The number of hydrogen-bond donors (Lipinski definition) is 2. The summed E-state index contributed by atoms with van der Waals surface area (Å²) in [6.45, 7) is 7.43. The molecule has 0 aliphatic rings. The summed E-state index contributed by atoms with van der Waals surface area (Å²) in [5.74, 6) is 0. The van der Waals surface area contributed by atoms with Crippen LogP contribution in [0.25, 0.3) is 10.6 Å². The van der Waals surface area contributed by atoms with Gasteiger partial charge in [0.2, 0.25) is 5.56 Å². The number of H-pyrrole nitrogens is 1. The van der Waals surface area contributed by atoms with E-state index < -0.39 is 0 Å². The van der Waals surface area contributed by atoms with E-state index in [1.165, 1.54) is 0 Å². The molecule has 2 aromatic rings. The van der Waals surface area contributed by atoms with E-state index in [0.29, 0.717) is 0 Å². The van der Waals surface area contributed by atoms with Crippen LogP contribution in [-0.2, 0) is 6.42 Å². The summed E-state index contributed by atoms with van der Waals surface area (Å²) >= 11 is 1.55. The molecular weight excluding hydrogens is 272 g/mol. The van der Waals surface area contributed by atoms with Crippen molar-refractivity contribution in [3.05, 3.63) is 33.7 Å². The highest BCUT2D eigenvalue weighted by Gasteiger charge is 2.09. The van der Waals surface area contributed by atoms with Crippen molar-refractivity contribution < 1.29 is 0 Å². The van der Waals surface area contributed by atoms with Crippen molar-refractivity contribution in [2.24, 2.45) is 0 Å². The fourth-order valence-corrected chi connectivity index (χ4v) is 2.63. The summed E-state index contributed by atoms with van der Waals surface area (Å²) in [5, 5.41) is 13.6. The second-order valence-corrected chi connectivity index (χ2v) is 6.78. The van der Waals surface area contributed by atoms with E-state index in [4.69, 9.17) is 0 Å². The quantitative estimate of drug-likeness (QED) is 0.829. The molecule has 2 aromatic heterocycles. The van der Waals surface area contributed by atoms with Crippen LogP contribution in [0, 0.1) is 0 Å². The zero-order valence-corrected chi connectivity index (χ0v) is 12.9. The maximum absolute atomic E-state index is 11.3. The lowest BCUT2D eigenvalue weighted by molar-refractivity contribution is 0.422. The summed E-state index contributed by atoms with van der Waals surface area (Å²) < 4.78 is 0. The lowest BCUT2D eigenvalue weighted by atomic mass is 10.1. The molecule has 2 heterocycles. The van der Waals surface area contributed by atoms with E-state index in [2.05, 4.69) is 41.3 Å². The second kappa shape index (κ2) is 6.28. The van der Waals surface area contributed by atoms with Gasteiger partial charge in [0.15, 0.2) is 0 Å². The van der Waals surface area contributed by atoms with E-state index in [1.54, 1.807) is 23.6 Å². The van der Waals surface area contributed by atoms with Gasteiger partial charge in [-0.05, 0) is 39.8 Å². The van der Waals surface area contributed by atoms with Crippen LogP contribution < -0.4 is 10.9 Å². The highest BCUT2D eigenvalue weighted by Crippen LogP contribution is 2.22. The van der Waals surface area contributed by atoms with Gasteiger partial charge in [-0.2, -0.15) is 0 Å². The van der Waals surface area contributed by atoms with E-state index >= 15 is 0 Å². The van der Waals surface area contributed by atoms with E-state index in [1.807, 2.05) is 6.07 Å². The highest BCUT2D eigenvalue weighted by molar-refractivity contribution is 7.14. The first-order valence-corrected chi connectivity index (χ1v) is 7.52. The van der Waals surface area contributed by atoms with Crippen molar-refractivity contribution in [2.45, 2.75) is 39.2 Å². The van der Waals surface area contributed by atoms with Crippen molar-refractivity contribution in [2.75, 3.05) is 6.54 Å². The maximum atomic E-state index is 11.3. The number of aromatic nitrogens is 3. The Kier molecular flexibility index (Phi) is 4.67. The first-order chi connectivity index (χ1) is 9.44. The maximum Gasteiger partial charge on any atom is 0.248 e. The Morgan fingerprint density at radius 1 is 1.35 bits per heavy atom. The zero-order chi connectivity index (χ0) is 14.6. The number of aryl methyl sites for hydroxylation is 1. The van der Waals surface area contributed by atoms with Crippen molar-refractivity contribution in [3.63, 3.8) is 0 Å².